The molecule has 3 nitrogen and oxygen atoms in total. The van der Waals surface area contributed by atoms with Crippen LogP contribution in [0.4, 0.5) is 0 Å². The van der Waals surface area contributed by atoms with Crippen molar-refractivity contribution >= 4 is 5.78 Å². The van der Waals surface area contributed by atoms with Gasteiger partial charge in [-0.25, -0.2) is 0 Å². The third-order valence-corrected chi connectivity index (χ3v) is 3.23. The van der Waals surface area contributed by atoms with Gasteiger partial charge in [-0.05, 0) is 32.1 Å². The van der Waals surface area contributed by atoms with Crippen molar-refractivity contribution in [3.05, 3.63) is 0 Å². The topological polar surface area (TPSA) is 35.5 Å². The highest BCUT2D eigenvalue weighted by Crippen LogP contribution is 2.20. The summed E-state index contributed by atoms with van der Waals surface area (Å²) in [7, 11) is 0. The van der Waals surface area contributed by atoms with Gasteiger partial charge in [-0.2, -0.15) is 0 Å². The standard InChI is InChI=1S/C12H20O3/c13-10-4-3-6-11(8-10)15-9-12-5-1-2-7-14-12/h11-12H,1-9H2. The number of rotatable bonds is 3. The summed E-state index contributed by atoms with van der Waals surface area (Å²) in [5, 5.41) is 0. The maximum atomic E-state index is 11.2. The Labute approximate surface area is 91.1 Å². The van der Waals surface area contributed by atoms with E-state index in [1.807, 2.05) is 0 Å². The van der Waals surface area contributed by atoms with Gasteiger partial charge in [0.05, 0.1) is 18.8 Å². The lowest BCUT2D eigenvalue weighted by atomic mass is 9.96. The van der Waals surface area contributed by atoms with Gasteiger partial charge >= 0.3 is 0 Å². The predicted octanol–water partition coefficient (Wildman–Crippen LogP) is 2.08. The van der Waals surface area contributed by atoms with Gasteiger partial charge in [0.25, 0.3) is 0 Å². The van der Waals surface area contributed by atoms with E-state index in [1.165, 1.54) is 12.8 Å². The zero-order valence-corrected chi connectivity index (χ0v) is 9.24. The predicted molar refractivity (Wildman–Crippen MR) is 56.8 cm³/mol. The second-order valence-electron chi connectivity index (χ2n) is 4.58. The summed E-state index contributed by atoms with van der Waals surface area (Å²) in [6, 6.07) is 0. The van der Waals surface area contributed by atoms with E-state index in [4.69, 9.17) is 9.47 Å². The summed E-state index contributed by atoms with van der Waals surface area (Å²) in [5.41, 5.74) is 0. The average Bonchev–Trinajstić information content (AvgIpc) is 2.28. The summed E-state index contributed by atoms with van der Waals surface area (Å²) in [5.74, 6) is 0.357. The highest BCUT2D eigenvalue weighted by Gasteiger charge is 2.22. The second kappa shape index (κ2) is 5.61. The molecule has 3 heteroatoms. The molecule has 2 aliphatic rings. The molecule has 1 saturated heterocycles. The van der Waals surface area contributed by atoms with Crippen molar-refractivity contribution in [3.63, 3.8) is 0 Å². The van der Waals surface area contributed by atoms with Gasteiger partial charge < -0.3 is 9.47 Å². The molecule has 0 aromatic carbocycles. The summed E-state index contributed by atoms with van der Waals surface area (Å²) in [4.78, 5) is 11.2. The molecule has 0 N–H and O–H groups in total. The van der Waals surface area contributed by atoms with E-state index in [0.29, 0.717) is 18.8 Å². The van der Waals surface area contributed by atoms with Crippen LogP contribution in [-0.4, -0.2) is 31.2 Å². The summed E-state index contributed by atoms with van der Waals surface area (Å²) >= 11 is 0. The fourth-order valence-electron chi connectivity index (χ4n) is 2.31. The molecule has 2 rings (SSSR count). The van der Waals surface area contributed by atoms with E-state index in [0.717, 1.165) is 32.3 Å². The number of ether oxygens (including phenoxy) is 2. The van der Waals surface area contributed by atoms with Crippen LogP contribution in [0.5, 0.6) is 0 Å². The van der Waals surface area contributed by atoms with Gasteiger partial charge in [0, 0.05) is 19.4 Å². The van der Waals surface area contributed by atoms with Crippen molar-refractivity contribution < 1.29 is 14.3 Å². The normalized spacial score (nSPS) is 32.9. The van der Waals surface area contributed by atoms with E-state index in [2.05, 4.69) is 0 Å². The van der Waals surface area contributed by atoms with Crippen LogP contribution < -0.4 is 0 Å². The van der Waals surface area contributed by atoms with Crippen molar-refractivity contribution in [2.75, 3.05) is 13.2 Å². The molecule has 86 valence electrons. The lowest BCUT2D eigenvalue weighted by Crippen LogP contribution is -2.30. The van der Waals surface area contributed by atoms with E-state index >= 15 is 0 Å². The number of carbonyl (C=O) groups is 1. The molecule has 1 heterocycles. The molecule has 0 radical (unpaired) electrons. The molecule has 15 heavy (non-hydrogen) atoms. The van der Waals surface area contributed by atoms with Crippen molar-refractivity contribution in [1.82, 2.24) is 0 Å². The van der Waals surface area contributed by atoms with Gasteiger partial charge in [0.1, 0.15) is 5.78 Å². The SMILES string of the molecule is O=C1CCCC(OCC2CCCCO2)C1. The molecule has 0 aromatic heterocycles. The van der Waals surface area contributed by atoms with E-state index in [1.54, 1.807) is 0 Å². The Morgan fingerprint density at radius 1 is 1.27 bits per heavy atom. The van der Waals surface area contributed by atoms with Gasteiger partial charge in [-0.3, -0.25) is 4.79 Å². The lowest BCUT2D eigenvalue weighted by molar-refractivity contribution is -0.127. The van der Waals surface area contributed by atoms with Crippen LogP contribution in [0.25, 0.3) is 0 Å². The largest absolute Gasteiger partial charge is 0.376 e. The van der Waals surface area contributed by atoms with Crippen LogP contribution in [0.15, 0.2) is 0 Å². The zero-order valence-electron chi connectivity index (χ0n) is 9.24. The van der Waals surface area contributed by atoms with E-state index < -0.39 is 0 Å². The van der Waals surface area contributed by atoms with Crippen molar-refractivity contribution in [2.24, 2.45) is 0 Å². The molecule has 1 saturated carbocycles. The Balaban J connectivity index is 1.65. The average molecular weight is 212 g/mol. The zero-order chi connectivity index (χ0) is 10.5. The Bertz CT molecular complexity index is 209. The first-order valence-corrected chi connectivity index (χ1v) is 6.09. The first-order chi connectivity index (χ1) is 7.34. The lowest BCUT2D eigenvalue weighted by Gasteiger charge is -2.26. The molecule has 0 spiro atoms. The Morgan fingerprint density at radius 3 is 2.93 bits per heavy atom. The molecule has 1 aliphatic carbocycles. The Morgan fingerprint density at radius 2 is 2.20 bits per heavy atom. The van der Waals surface area contributed by atoms with Crippen molar-refractivity contribution in [3.8, 4) is 0 Å². The summed E-state index contributed by atoms with van der Waals surface area (Å²) < 4.78 is 11.3. The van der Waals surface area contributed by atoms with Gasteiger partial charge in [-0.1, -0.05) is 0 Å². The highest BCUT2D eigenvalue weighted by molar-refractivity contribution is 5.79. The van der Waals surface area contributed by atoms with Crippen molar-refractivity contribution in [2.45, 2.75) is 57.2 Å². The quantitative estimate of drug-likeness (QED) is 0.718. The highest BCUT2D eigenvalue weighted by atomic mass is 16.5. The minimum absolute atomic E-state index is 0.164. The Kier molecular flexibility index (Phi) is 4.15. The molecular weight excluding hydrogens is 192 g/mol. The molecule has 2 fully saturated rings. The monoisotopic (exact) mass is 212 g/mol. The molecule has 2 unspecified atom stereocenters. The van der Waals surface area contributed by atoms with Crippen LogP contribution in [0.3, 0.4) is 0 Å². The number of Topliss-reactive ketones (excluding diaryl/α,β-unsaturated/α-hetero) is 1. The number of hydrogen-bond donors (Lipinski definition) is 0. The van der Waals surface area contributed by atoms with E-state index in [-0.39, 0.29) is 12.2 Å². The maximum Gasteiger partial charge on any atom is 0.135 e. The number of carbonyl (C=O) groups excluding carboxylic acids is 1. The van der Waals surface area contributed by atoms with Crippen LogP contribution in [0.1, 0.15) is 44.9 Å². The smallest absolute Gasteiger partial charge is 0.135 e. The summed E-state index contributed by atoms with van der Waals surface area (Å²) in [6.07, 6.45) is 7.38. The van der Waals surface area contributed by atoms with Crippen molar-refractivity contribution in [1.29, 1.82) is 0 Å². The third kappa shape index (κ3) is 3.58. The minimum Gasteiger partial charge on any atom is -0.376 e. The molecule has 1 aliphatic heterocycles. The fourth-order valence-corrected chi connectivity index (χ4v) is 2.31. The second-order valence-corrected chi connectivity index (χ2v) is 4.58. The van der Waals surface area contributed by atoms with E-state index in [9.17, 15) is 4.79 Å². The van der Waals surface area contributed by atoms with Gasteiger partial charge in [-0.15, -0.1) is 0 Å². The maximum absolute atomic E-state index is 11.2. The Hall–Kier alpha value is -0.410. The van der Waals surface area contributed by atoms with Crippen LogP contribution in [0, 0.1) is 0 Å². The molecule has 0 amide bonds. The first-order valence-electron chi connectivity index (χ1n) is 6.09. The fraction of sp³-hybridized carbons (Fsp3) is 0.917. The minimum atomic E-state index is 0.164. The first kappa shape index (κ1) is 11.1. The van der Waals surface area contributed by atoms with Crippen LogP contribution >= 0.6 is 0 Å². The third-order valence-electron chi connectivity index (χ3n) is 3.23. The van der Waals surface area contributed by atoms with Crippen LogP contribution in [-0.2, 0) is 14.3 Å². The van der Waals surface area contributed by atoms with Gasteiger partial charge in [0.2, 0.25) is 0 Å². The summed E-state index contributed by atoms with van der Waals surface area (Å²) in [6.45, 7) is 1.55. The number of hydrogen-bond acceptors (Lipinski definition) is 3. The molecule has 0 aromatic rings. The van der Waals surface area contributed by atoms with Gasteiger partial charge in [0.15, 0.2) is 0 Å². The van der Waals surface area contributed by atoms with Crippen LogP contribution in [0.2, 0.25) is 0 Å². The molecular formula is C12H20O3. The number of ketones is 1. The molecule has 2 atom stereocenters. The molecule has 0 bridgehead atoms.